The van der Waals surface area contributed by atoms with E-state index in [2.05, 4.69) is 54.9 Å². The zero-order chi connectivity index (χ0) is 19.5. The first-order chi connectivity index (χ1) is 13.1. The van der Waals surface area contributed by atoms with Crippen LogP contribution in [0.25, 0.3) is 11.1 Å². The van der Waals surface area contributed by atoms with Crippen molar-refractivity contribution < 1.29 is 0 Å². The minimum absolute atomic E-state index is 0.983. The molecule has 0 saturated heterocycles. The summed E-state index contributed by atoms with van der Waals surface area (Å²) in [6.07, 6.45) is 14.1. The van der Waals surface area contributed by atoms with Crippen molar-refractivity contribution in [1.29, 1.82) is 0 Å². The van der Waals surface area contributed by atoms with E-state index < -0.39 is 0 Å². The monoisotopic (exact) mass is 353 g/mol. The van der Waals surface area contributed by atoms with E-state index in [1.807, 2.05) is 74.6 Å². The van der Waals surface area contributed by atoms with E-state index in [0.717, 1.165) is 33.7 Å². The van der Waals surface area contributed by atoms with Crippen LogP contribution < -0.4 is 5.32 Å². The molecule has 1 N–H and O–H groups in total. The van der Waals surface area contributed by atoms with Crippen molar-refractivity contribution in [3.63, 3.8) is 0 Å². The molecule has 2 rings (SSSR count). The standard InChI is InChI=1S/C26H27N/c1-5-7-9-12-21(3)24-16-19-26(20-17-24)27-25(6-2)18-15-22(4)23-13-10-8-11-14-23/h5-20,27H,3-4H2,1-2H3/b7-5-,12-9-,18-15-,25-6+. The van der Waals surface area contributed by atoms with E-state index in [4.69, 9.17) is 0 Å². The Balaban J connectivity index is 2.01. The first-order valence-electron chi connectivity index (χ1n) is 9.08. The summed E-state index contributed by atoms with van der Waals surface area (Å²) < 4.78 is 0. The first kappa shape index (κ1) is 20.0. The Morgan fingerprint density at radius 3 is 2.00 bits per heavy atom. The average molecular weight is 354 g/mol. The average Bonchev–Trinajstić information content (AvgIpc) is 2.72. The maximum absolute atomic E-state index is 4.14. The molecule has 0 heterocycles. The fourth-order valence-electron chi connectivity index (χ4n) is 2.46. The third-order valence-electron chi connectivity index (χ3n) is 4.06. The molecule has 0 aromatic heterocycles. The van der Waals surface area contributed by atoms with Crippen molar-refractivity contribution in [2.45, 2.75) is 13.8 Å². The van der Waals surface area contributed by atoms with E-state index >= 15 is 0 Å². The van der Waals surface area contributed by atoms with Crippen LogP contribution in [0.1, 0.15) is 25.0 Å². The van der Waals surface area contributed by atoms with E-state index in [0.29, 0.717) is 0 Å². The van der Waals surface area contributed by atoms with Crippen LogP contribution >= 0.6 is 0 Å². The molecular formula is C26H27N. The predicted octanol–water partition coefficient (Wildman–Crippen LogP) is 7.42. The fourth-order valence-corrected chi connectivity index (χ4v) is 2.46. The molecule has 0 bridgehead atoms. The Bertz CT molecular complexity index is 876. The number of hydrogen-bond acceptors (Lipinski definition) is 1. The summed E-state index contributed by atoms with van der Waals surface area (Å²) in [5, 5.41) is 3.43. The highest BCUT2D eigenvalue weighted by Gasteiger charge is 1.98. The second kappa shape index (κ2) is 10.6. The molecule has 136 valence electrons. The highest BCUT2D eigenvalue weighted by molar-refractivity contribution is 5.74. The number of allylic oxidation sites excluding steroid dienone is 9. The Morgan fingerprint density at radius 1 is 0.741 bits per heavy atom. The van der Waals surface area contributed by atoms with Gasteiger partial charge in [0.05, 0.1) is 0 Å². The van der Waals surface area contributed by atoms with Crippen LogP contribution in [0.3, 0.4) is 0 Å². The summed E-state index contributed by atoms with van der Waals surface area (Å²) in [7, 11) is 0. The van der Waals surface area contributed by atoms with Gasteiger partial charge < -0.3 is 5.32 Å². The molecule has 0 aliphatic heterocycles. The summed E-state index contributed by atoms with van der Waals surface area (Å²) in [5.74, 6) is 0. The van der Waals surface area contributed by atoms with Gasteiger partial charge >= 0.3 is 0 Å². The van der Waals surface area contributed by atoms with Crippen molar-refractivity contribution >= 4 is 16.8 Å². The Kier molecular flexibility index (Phi) is 7.87. The smallest absolute Gasteiger partial charge is 0.0384 e. The molecule has 0 unspecified atom stereocenters. The summed E-state index contributed by atoms with van der Waals surface area (Å²) in [5.41, 5.74) is 6.26. The number of nitrogens with one attached hydrogen (secondary N) is 1. The lowest BCUT2D eigenvalue weighted by atomic mass is 10.1. The number of rotatable bonds is 8. The second-order valence-electron chi connectivity index (χ2n) is 6.08. The van der Waals surface area contributed by atoms with Gasteiger partial charge in [0, 0.05) is 11.4 Å². The molecule has 0 radical (unpaired) electrons. The molecule has 0 aliphatic carbocycles. The third kappa shape index (κ3) is 6.48. The maximum atomic E-state index is 4.14. The molecule has 27 heavy (non-hydrogen) atoms. The van der Waals surface area contributed by atoms with Crippen molar-refractivity contribution in [3.05, 3.63) is 127 Å². The van der Waals surface area contributed by atoms with E-state index in [1.54, 1.807) is 0 Å². The molecule has 0 fully saturated rings. The molecular weight excluding hydrogens is 326 g/mol. The first-order valence-corrected chi connectivity index (χ1v) is 9.08. The van der Waals surface area contributed by atoms with Gasteiger partial charge in [-0.1, -0.05) is 92.1 Å². The molecule has 0 amide bonds. The summed E-state index contributed by atoms with van der Waals surface area (Å²) in [4.78, 5) is 0. The molecule has 2 aromatic rings. The van der Waals surface area contributed by atoms with Gasteiger partial charge in [-0.25, -0.2) is 0 Å². The second-order valence-corrected chi connectivity index (χ2v) is 6.08. The van der Waals surface area contributed by atoms with Gasteiger partial charge in [0.15, 0.2) is 0 Å². The van der Waals surface area contributed by atoms with Gasteiger partial charge in [-0.05, 0) is 54.3 Å². The Labute approximate surface area is 163 Å². The summed E-state index contributed by atoms with van der Waals surface area (Å²) in [6, 6.07) is 18.4. The van der Waals surface area contributed by atoms with Crippen molar-refractivity contribution in [2.24, 2.45) is 0 Å². The molecule has 0 aliphatic rings. The minimum atomic E-state index is 0.983. The third-order valence-corrected chi connectivity index (χ3v) is 4.06. The van der Waals surface area contributed by atoms with Crippen LogP contribution in [-0.2, 0) is 0 Å². The molecule has 0 spiro atoms. The van der Waals surface area contributed by atoms with Gasteiger partial charge in [0.25, 0.3) is 0 Å². The molecule has 2 aromatic carbocycles. The summed E-state index contributed by atoms with van der Waals surface area (Å²) >= 11 is 0. The van der Waals surface area contributed by atoms with Crippen LogP contribution in [0.5, 0.6) is 0 Å². The van der Waals surface area contributed by atoms with E-state index in [1.165, 1.54) is 0 Å². The lowest BCUT2D eigenvalue weighted by molar-refractivity contribution is 1.44. The zero-order valence-electron chi connectivity index (χ0n) is 16.2. The topological polar surface area (TPSA) is 12.0 Å². The molecule has 0 saturated carbocycles. The van der Waals surface area contributed by atoms with Crippen molar-refractivity contribution in [3.8, 4) is 0 Å². The lowest BCUT2D eigenvalue weighted by Gasteiger charge is -2.09. The van der Waals surface area contributed by atoms with Gasteiger partial charge in [-0.3, -0.25) is 0 Å². The predicted molar refractivity (Wildman–Crippen MR) is 121 cm³/mol. The normalized spacial score (nSPS) is 12.1. The van der Waals surface area contributed by atoms with Crippen molar-refractivity contribution in [2.75, 3.05) is 5.32 Å². The van der Waals surface area contributed by atoms with E-state index in [9.17, 15) is 0 Å². The minimum Gasteiger partial charge on any atom is -0.356 e. The highest BCUT2D eigenvalue weighted by atomic mass is 14.9. The number of benzene rings is 2. The van der Waals surface area contributed by atoms with Gasteiger partial charge in [0.1, 0.15) is 0 Å². The molecule has 0 atom stereocenters. The summed E-state index contributed by atoms with van der Waals surface area (Å²) in [6.45, 7) is 12.3. The Morgan fingerprint density at radius 2 is 1.37 bits per heavy atom. The van der Waals surface area contributed by atoms with Crippen LogP contribution in [-0.4, -0.2) is 0 Å². The lowest BCUT2D eigenvalue weighted by Crippen LogP contribution is -1.96. The Hall–Kier alpha value is -3.32. The molecule has 1 heteroatoms. The highest BCUT2D eigenvalue weighted by Crippen LogP contribution is 2.19. The quantitative estimate of drug-likeness (QED) is 0.487. The van der Waals surface area contributed by atoms with Crippen LogP contribution in [0, 0.1) is 0 Å². The zero-order valence-corrected chi connectivity index (χ0v) is 16.2. The van der Waals surface area contributed by atoms with Crippen LogP contribution in [0.4, 0.5) is 5.69 Å². The largest absolute Gasteiger partial charge is 0.356 e. The maximum Gasteiger partial charge on any atom is 0.0384 e. The van der Waals surface area contributed by atoms with Crippen LogP contribution in [0.2, 0.25) is 0 Å². The van der Waals surface area contributed by atoms with Gasteiger partial charge in [-0.15, -0.1) is 0 Å². The SMILES string of the molecule is C=C(/C=C\C(=C/C)Nc1ccc(C(=C)/C=C\C=C/C)cc1)c1ccccc1. The fraction of sp³-hybridized carbons (Fsp3) is 0.0769. The molecule has 1 nitrogen and oxygen atoms in total. The van der Waals surface area contributed by atoms with Gasteiger partial charge in [-0.2, -0.15) is 0 Å². The number of anilines is 1. The number of hydrogen-bond donors (Lipinski definition) is 1. The van der Waals surface area contributed by atoms with E-state index in [-0.39, 0.29) is 0 Å². The van der Waals surface area contributed by atoms with Gasteiger partial charge in [0.2, 0.25) is 0 Å². The van der Waals surface area contributed by atoms with Crippen molar-refractivity contribution in [1.82, 2.24) is 0 Å². The van der Waals surface area contributed by atoms with Crippen LogP contribution in [0.15, 0.2) is 116 Å².